The minimum Gasteiger partial charge on any atom is -0.495 e. The summed E-state index contributed by atoms with van der Waals surface area (Å²) in [7, 11) is -2.48. The summed E-state index contributed by atoms with van der Waals surface area (Å²) in [5, 5.41) is 8.78. The van der Waals surface area contributed by atoms with Gasteiger partial charge >= 0.3 is 5.97 Å². The lowest BCUT2D eigenvalue weighted by Crippen LogP contribution is -2.10. The monoisotopic (exact) mass is 290 g/mol. The van der Waals surface area contributed by atoms with Crippen LogP contribution < -0.4 is 4.74 Å². The lowest BCUT2D eigenvalue weighted by molar-refractivity contribution is 0.0696. The second-order valence-electron chi connectivity index (χ2n) is 3.45. The number of carboxylic acid groups (broad SMARTS) is 1. The van der Waals surface area contributed by atoms with Gasteiger partial charge in [0.1, 0.15) is 10.6 Å². The summed E-state index contributed by atoms with van der Waals surface area (Å²) in [4.78, 5) is 10.6. The largest absolute Gasteiger partial charge is 0.495 e. The third kappa shape index (κ3) is 3.24. The summed E-state index contributed by atoms with van der Waals surface area (Å²) in [6, 6.07) is 3.58. The molecule has 0 amide bonds. The number of aromatic carboxylic acids is 1. The van der Waals surface area contributed by atoms with Crippen molar-refractivity contribution < 1.29 is 23.1 Å². The molecule has 0 aliphatic rings. The van der Waals surface area contributed by atoms with Gasteiger partial charge in [-0.2, -0.15) is 0 Å². The van der Waals surface area contributed by atoms with Crippen molar-refractivity contribution in [1.82, 2.24) is 0 Å². The van der Waals surface area contributed by atoms with Crippen molar-refractivity contribution >= 4 is 27.4 Å². The molecule has 7 heteroatoms. The number of rotatable bonds is 5. The van der Waals surface area contributed by atoms with E-state index in [4.69, 9.17) is 21.4 Å². The molecule has 0 unspecified atom stereocenters. The van der Waals surface area contributed by atoms with Crippen LogP contribution in [0.3, 0.4) is 0 Å². The summed E-state index contributed by atoms with van der Waals surface area (Å²) >= 11 is 5.48. The van der Waals surface area contributed by atoms with E-state index in [-0.39, 0.29) is 21.2 Å². The number of halogens is 1. The maximum atomic E-state index is 12.0. The van der Waals surface area contributed by atoms with Gasteiger partial charge in [0.05, 0.1) is 18.4 Å². The van der Waals surface area contributed by atoms with Gasteiger partial charge in [-0.3, -0.25) is 0 Å². The Kier molecular flexibility index (Phi) is 4.37. The highest BCUT2D eigenvalue weighted by Crippen LogP contribution is 2.27. The molecule has 0 aromatic heterocycles. The van der Waals surface area contributed by atoms with Gasteiger partial charge in [0.15, 0.2) is 9.84 Å². The quantitative estimate of drug-likeness (QED) is 0.896. The first-order valence-electron chi connectivity index (χ1n) is 4.75. The number of sulfone groups is 1. The number of hydrogen-bond acceptors (Lipinski definition) is 4. The summed E-state index contributed by atoms with van der Waals surface area (Å²) < 4.78 is 28.9. The van der Waals surface area contributed by atoms with E-state index in [2.05, 4.69) is 6.58 Å². The van der Waals surface area contributed by atoms with Crippen LogP contribution in [0.15, 0.2) is 34.7 Å². The van der Waals surface area contributed by atoms with E-state index in [1.54, 1.807) is 0 Å². The van der Waals surface area contributed by atoms with E-state index >= 15 is 0 Å². The first kappa shape index (κ1) is 14.5. The summed E-state index contributed by atoms with van der Waals surface area (Å²) in [5.74, 6) is -1.63. The van der Waals surface area contributed by atoms with Gasteiger partial charge in [-0.1, -0.05) is 18.2 Å². The third-order valence-corrected chi connectivity index (χ3v) is 4.10. The minimum atomic E-state index is -3.78. The molecule has 5 nitrogen and oxygen atoms in total. The Morgan fingerprint density at radius 3 is 2.56 bits per heavy atom. The number of hydrogen-bond donors (Lipinski definition) is 1. The Morgan fingerprint density at radius 2 is 2.11 bits per heavy atom. The van der Waals surface area contributed by atoms with E-state index in [9.17, 15) is 13.2 Å². The fourth-order valence-electron chi connectivity index (χ4n) is 1.34. The topological polar surface area (TPSA) is 80.7 Å². The van der Waals surface area contributed by atoms with Gasteiger partial charge in [0.2, 0.25) is 0 Å². The van der Waals surface area contributed by atoms with Crippen molar-refractivity contribution in [3.8, 4) is 5.75 Å². The van der Waals surface area contributed by atoms with Gasteiger partial charge in [0.25, 0.3) is 0 Å². The molecule has 0 atom stereocenters. The zero-order valence-electron chi connectivity index (χ0n) is 9.51. The van der Waals surface area contributed by atoms with Crippen LogP contribution in [0.4, 0.5) is 0 Å². The molecule has 0 saturated carbocycles. The summed E-state index contributed by atoms with van der Waals surface area (Å²) in [5.41, 5.74) is -0.144. The molecule has 0 saturated heterocycles. The Balaban J connectivity index is 3.41. The molecule has 0 aliphatic carbocycles. The number of benzene rings is 1. The van der Waals surface area contributed by atoms with Gasteiger partial charge < -0.3 is 9.84 Å². The maximum absolute atomic E-state index is 12.0. The Labute approximate surface area is 110 Å². The number of carbonyl (C=O) groups is 1. The highest BCUT2D eigenvalue weighted by atomic mass is 35.5. The number of methoxy groups -OCH3 is 1. The molecule has 1 aromatic carbocycles. The van der Waals surface area contributed by atoms with Crippen molar-refractivity contribution in [2.24, 2.45) is 0 Å². The number of ether oxygens (including phenoxy) is 1. The van der Waals surface area contributed by atoms with Crippen LogP contribution >= 0.6 is 11.6 Å². The zero-order valence-corrected chi connectivity index (χ0v) is 11.1. The minimum absolute atomic E-state index is 0.0576. The SMILES string of the molecule is C=C(Cl)CS(=O)(=O)c1cc(C(=O)O)ccc1OC. The van der Waals surface area contributed by atoms with Crippen molar-refractivity contribution in [2.75, 3.05) is 12.9 Å². The Bertz CT molecular complexity index is 591. The molecule has 1 rings (SSSR count). The first-order valence-corrected chi connectivity index (χ1v) is 6.78. The molecule has 0 bridgehead atoms. The van der Waals surface area contributed by atoms with Crippen molar-refractivity contribution in [2.45, 2.75) is 4.90 Å². The van der Waals surface area contributed by atoms with Gasteiger partial charge in [-0.05, 0) is 18.2 Å². The molecular weight excluding hydrogens is 280 g/mol. The van der Waals surface area contributed by atoms with Crippen molar-refractivity contribution in [3.05, 3.63) is 35.4 Å². The number of carboxylic acids is 1. The van der Waals surface area contributed by atoms with E-state index in [0.717, 1.165) is 6.07 Å². The van der Waals surface area contributed by atoms with Gasteiger partial charge in [-0.15, -0.1) is 0 Å². The van der Waals surface area contributed by atoms with Crippen LogP contribution in [0.5, 0.6) is 5.75 Å². The third-order valence-electron chi connectivity index (χ3n) is 2.09. The second kappa shape index (κ2) is 5.41. The highest BCUT2D eigenvalue weighted by Gasteiger charge is 2.22. The van der Waals surface area contributed by atoms with Crippen LogP contribution in [-0.2, 0) is 9.84 Å². The summed E-state index contributed by atoms with van der Waals surface area (Å²) in [6.45, 7) is 3.31. The average molecular weight is 291 g/mol. The van der Waals surface area contributed by atoms with Gasteiger partial charge in [0, 0.05) is 5.03 Å². The van der Waals surface area contributed by atoms with Crippen molar-refractivity contribution in [1.29, 1.82) is 0 Å². The molecule has 0 spiro atoms. The van der Waals surface area contributed by atoms with E-state index in [0.29, 0.717) is 0 Å². The molecule has 18 heavy (non-hydrogen) atoms. The van der Waals surface area contributed by atoms with Crippen LogP contribution in [0, 0.1) is 0 Å². The fraction of sp³-hybridized carbons (Fsp3) is 0.182. The molecule has 1 aromatic rings. The van der Waals surface area contributed by atoms with E-state index < -0.39 is 21.6 Å². The zero-order chi connectivity index (χ0) is 13.9. The van der Waals surface area contributed by atoms with Crippen molar-refractivity contribution in [3.63, 3.8) is 0 Å². The standard InChI is InChI=1S/C11H11ClO5S/c1-7(12)6-18(15,16)10-5-8(11(13)14)3-4-9(10)17-2/h3-5H,1,6H2,2H3,(H,13,14). The highest BCUT2D eigenvalue weighted by molar-refractivity contribution is 7.91. The molecule has 0 aliphatic heterocycles. The van der Waals surface area contributed by atoms with Crippen LogP contribution in [0.1, 0.15) is 10.4 Å². The predicted octanol–water partition coefficient (Wildman–Crippen LogP) is 1.92. The molecular formula is C11H11ClO5S. The molecule has 0 radical (unpaired) electrons. The normalized spacial score (nSPS) is 11.0. The van der Waals surface area contributed by atoms with E-state index in [1.807, 2.05) is 0 Å². The lowest BCUT2D eigenvalue weighted by Gasteiger charge is -2.09. The molecule has 1 N–H and O–H groups in total. The van der Waals surface area contributed by atoms with Crippen LogP contribution in [-0.4, -0.2) is 32.4 Å². The summed E-state index contributed by atoms with van der Waals surface area (Å²) in [6.07, 6.45) is 0. The first-order chi connectivity index (χ1) is 8.27. The van der Waals surface area contributed by atoms with Crippen LogP contribution in [0.25, 0.3) is 0 Å². The smallest absolute Gasteiger partial charge is 0.335 e. The fourth-order valence-corrected chi connectivity index (χ4v) is 3.10. The predicted molar refractivity (Wildman–Crippen MR) is 67.0 cm³/mol. The molecule has 0 fully saturated rings. The van der Waals surface area contributed by atoms with Gasteiger partial charge in [-0.25, -0.2) is 13.2 Å². The maximum Gasteiger partial charge on any atom is 0.335 e. The van der Waals surface area contributed by atoms with E-state index in [1.165, 1.54) is 19.2 Å². The Morgan fingerprint density at radius 1 is 1.50 bits per heavy atom. The van der Waals surface area contributed by atoms with Crippen LogP contribution in [0.2, 0.25) is 0 Å². The molecule has 0 heterocycles. The second-order valence-corrected chi connectivity index (χ2v) is 5.94. The lowest BCUT2D eigenvalue weighted by atomic mass is 10.2. The average Bonchev–Trinajstić information content (AvgIpc) is 2.26. The molecule has 98 valence electrons. The Hall–Kier alpha value is -1.53.